The molecular weight excluding hydrogens is 266 g/mol. The number of hydrogen-bond donors (Lipinski definition) is 2. The zero-order valence-corrected chi connectivity index (χ0v) is 11.6. The molecule has 0 spiro atoms. The lowest BCUT2D eigenvalue weighted by atomic mass is 10.2. The maximum Gasteiger partial charge on any atom is 0.255 e. The van der Waals surface area contributed by atoms with E-state index in [-0.39, 0.29) is 17.2 Å². The van der Waals surface area contributed by atoms with Crippen LogP contribution in [0.3, 0.4) is 0 Å². The van der Waals surface area contributed by atoms with Crippen LogP contribution >= 0.6 is 0 Å². The summed E-state index contributed by atoms with van der Waals surface area (Å²) in [6.45, 7) is 1.12. The Morgan fingerprint density at radius 1 is 1.24 bits per heavy atom. The van der Waals surface area contributed by atoms with Crippen molar-refractivity contribution in [1.82, 2.24) is 10.3 Å². The van der Waals surface area contributed by atoms with E-state index in [9.17, 15) is 9.90 Å². The lowest BCUT2D eigenvalue weighted by Crippen LogP contribution is -2.24. The fourth-order valence-electron chi connectivity index (χ4n) is 1.74. The molecule has 0 aliphatic heterocycles. The number of aromatic nitrogens is 1. The van der Waals surface area contributed by atoms with E-state index >= 15 is 0 Å². The third-order valence-electron chi connectivity index (χ3n) is 2.81. The summed E-state index contributed by atoms with van der Waals surface area (Å²) < 4.78 is 0. The van der Waals surface area contributed by atoms with Crippen LogP contribution in [-0.4, -0.2) is 35.3 Å². The lowest BCUT2D eigenvalue weighted by molar-refractivity contribution is 0.0951. The normalized spacial score (nSPS) is 10.7. The molecule has 108 valence electrons. The molecule has 0 unspecified atom stereocenters. The third kappa shape index (κ3) is 4.72. The highest BCUT2D eigenvalue weighted by atomic mass is 16.3. The SMILES string of the molecule is O=C(NCCCN=Cc1ccccn1)c1ccccc1O. The third-order valence-corrected chi connectivity index (χ3v) is 2.81. The van der Waals surface area contributed by atoms with Gasteiger partial charge in [0, 0.05) is 25.5 Å². The highest BCUT2D eigenvalue weighted by Crippen LogP contribution is 2.14. The predicted molar refractivity (Wildman–Crippen MR) is 81.8 cm³/mol. The molecule has 0 fully saturated rings. The molecule has 2 rings (SSSR count). The molecule has 2 N–H and O–H groups in total. The zero-order valence-electron chi connectivity index (χ0n) is 11.6. The monoisotopic (exact) mass is 283 g/mol. The van der Waals surface area contributed by atoms with E-state index in [1.54, 1.807) is 30.6 Å². The molecule has 0 aliphatic rings. The number of nitrogens with zero attached hydrogens (tertiary/aromatic N) is 2. The van der Waals surface area contributed by atoms with Crippen LogP contribution in [0.15, 0.2) is 53.7 Å². The van der Waals surface area contributed by atoms with Gasteiger partial charge in [0.15, 0.2) is 0 Å². The van der Waals surface area contributed by atoms with Gasteiger partial charge in [-0.1, -0.05) is 18.2 Å². The van der Waals surface area contributed by atoms with Crippen LogP contribution in [0.25, 0.3) is 0 Å². The number of aliphatic imine (C=N–C) groups is 1. The van der Waals surface area contributed by atoms with E-state index in [0.29, 0.717) is 13.1 Å². The first-order chi connectivity index (χ1) is 10.3. The van der Waals surface area contributed by atoms with E-state index in [0.717, 1.165) is 12.1 Å². The van der Waals surface area contributed by atoms with E-state index in [4.69, 9.17) is 0 Å². The number of aromatic hydroxyl groups is 1. The van der Waals surface area contributed by atoms with Gasteiger partial charge in [0.25, 0.3) is 5.91 Å². The average Bonchev–Trinajstić information content (AvgIpc) is 2.52. The van der Waals surface area contributed by atoms with Gasteiger partial charge >= 0.3 is 0 Å². The summed E-state index contributed by atoms with van der Waals surface area (Å²) in [5.74, 6) is -0.287. The number of amides is 1. The summed E-state index contributed by atoms with van der Waals surface area (Å²) in [5.41, 5.74) is 1.10. The standard InChI is InChI=1S/C16H17N3O2/c20-15-8-2-1-7-14(15)16(21)19-11-5-9-17-12-13-6-3-4-10-18-13/h1-4,6-8,10,12,20H,5,9,11H2,(H,19,21). The molecule has 0 saturated heterocycles. The second kappa shape index (κ2) is 7.79. The molecule has 0 aliphatic carbocycles. The molecule has 1 heterocycles. The largest absolute Gasteiger partial charge is 0.507 e. The van der Waals surface area contributed by atoms with Crippen LogP contribution in [0.4, 0.5) is 0 Å². The maximum absolute atomic E-state index is 11.8. The van der Waals surface area contributed by atoms with E-state index in [2.05, 4.69) is 15.3 Å². The number of benzene rings is 1. The van der Waals surface area contributed by atoms with Crippen molar-refractivity contribution in [2.75, 3.05) is 13.1 Å². The predicted octanol–water partition coefficient (Wildman–Crippen LogP) is 2.03. The van der Waals surface area contributed by atoms with Gasteiger partial charge in [-0.05, 0) is 30.7 Å². The van der Waals surface area contributed by atoms with Gasteiger partial charge in [-0.15, -0.1) is 0 Å². The van der Waals surface area contributed by atoms with Crippen LogP contribution in [0.5, 0.6) is 5.75 Å². The summed E-state index contributed by atoms with van der Waals surface area (Å²) in [4.78, 5) is 20.2. The molecular formula is C16H17N3O2. The van der Waals surface area contributed by atoms with Crippen LogP contribution in [-0.2, 0) is 0 Å². The number of nitrogens with one attached hydrogen (secondary N) is 1. The van der Waals surface area contributed by atoms with Gasteiger partial charge in [-0.3, -0.25) is 14.8 Å². The summed E-state index contributed by atoms with van der Waals surface area (Å²) >= 11 is 0. The first-order valence-electron chi connectivity index (χ1n) is 6.74. The zero-order chi connectivity index (χ0) is 14.9. The highest BCUT2D eigenvalue weighted by Gasteiger charge is 2.08. The average molecular weight is 283 g/mol. The van der Waals surface area contributed by atoms with Crippen molar-refractivity contribution in [2.45, 2.75) is 6.42 Å². The van der Waals surface area contributed by atoms with Crippen molar-refractivity contribution in [3.05, 3.63) is 59.9 Å². The molecule has 21 heavy (non-hydrogen) atoms. The topological polar surface area (TPSA) is 74.6 Å². The van der Waals surface area contributed by atoms with E-state index in [1.807, 2.05) is 18.2 Å². The Kier molecular flexibility index (Phi) is 5.46. The van der Waals surface area contributed by atoms with Crippen molar-refractivity contribution in [3.8, 4) is 5.75 Å². The van der Waals surface area contributed by atoms with Crippen LogP contribution in [0.1, 0.15) is 22.5 Å². The fourth-order valence-corrected chi connectivity index (χ4v) is 1.74. The molecule has 0 radical (unpaired) electrons. The van der Waals surface area contributed by atoms with Crippen LogP contribution in [0.2, 0.25) is 0 Å². The molecule has 5 nitrogen and oxygen atoms in total. The van der Waals surface area contributed by atoms with Gasteiger partial charge in [0.1, 0.15) is 5.75 Å². The number of phenols is 1. The maximum atomic E-state index is 11.8. The van der Waals surface area contributed by atoms with Crippen molar-refractivity contribution < 1.29 is 9.90 Å². The molecule has 0 atom stereocenters. The number of carbonyl (C=O) groups excluding carboxylic acids is 1. The molecule has 2 aromatic rings. The summed E-state index contributed by atoms with van der Waals surface area (Å²) in [5, 5.41) is 12.3. The second-order valence-corrected chi connectivity index (χ2v) is 4.42. The summed E-state index contributed by atoms with van der Waals surface area (Å²) in [7, 11) is 0. The summed E-state index contributed by atoms with van der Waals surface area (Å²) in [6.07, 6.45) is 4.15. The van der Waals surface area contributed by atoms with Gasteiger partial charge in [-0.25, -0.2) is 0 Å². The van der Waals surface area contributed by atoms with Crippen LogP contribution in [0, 0.1) is 0 Å². The van der Waals surface area contributed by atoms with E-state index in [1.165, 1.54) is 6.07 Å². The molecule has 0 saturated carbocycles. The Bertz CT molecular complexity index is 612. The van der Waals surface area contributed by atoms with Gasteiger partial charge < -0.3 is 10.4 Å². The number of para-hydroxylation sites is 1. The smallest absolute Gasteiger partial charge is 0.255 e. The number of rotatable bonds is 6. The van der Waals surface area contributed by atoms with Gasteiger partial charge in [0.05, 0.1) is 11.3 Å². The lowest BCUT2D eigenvalue weighted by Gasteiger charge is -2.05. The number of carbonyl (C=O) groups is 1. The molecule has 1 amide bonds. The van der Waals surface area contributed by atoms with Crippen molar-refractivity contribution in [3.63, 3.8) is 0 Å². The number of pyridine rings is 1. The fraction of sp³-hybridized carbons (Fsp3) is 0.188. The minimum atomic E-state index is -0.276. The summed E-state index contributed by atoms with van der Waals surface area (Å²) in [6, 6.07) is 12.1. The minimum absolute atomic E-state index is 0.0110. The number of hydrogen-bond acceptors (Lipinski definition) is 4. The van der Waals surface area contributed by atoms with Crippen molar-refractivity contribution in [1.29, 1.82) is 0 Å². The molecule has 1 aromatic carbocycles. The van der Waals surface area contributed by atoms with Gasteiger partial charge in [-0.2, -0.15) is 0 Å². The second-order valence-electron chi connectivity index (χ2n) is 4.42. The number of phenolic OH excluding ortho intramolecular Hbond substituents is 1. The minimum Gasteiger partial charge on any atom is -0.507 e. The van der Waals surface area contributed by atoms with Gasteiger partial charge in [0.2, 0.25) is 0 Å². The van der Waals surface area contributed by atoms with E-state index < -0.39 is 0 Å². The first-order valence-corrected chi connectivity index (χ1v) is 6.74. The first kappa shape index (κ1) is 14.7. The van der Waals surface area contributed by atoms with Crippen molar-refractivity contribution in [2.24, 2.45) is 4.99 Å². The Balaban J connectivity index is 1.69. The quantitative estimate of drug-likeness (QED) is 0.629. The van der Waals surface area contributed by atoms with Crippen LogP contribution < -0.4 is 5.32 Å². The Morgan fingerprint density at radius 3 is 2.81 bits per heavy atom. The Labute approximate surface area is 123 Å². The molecule has 5 heteroatoms. The Hall–Kier alpha value is -2.69. The van der Waals surface area contributed by atoms with Crippen molar-refractivity contribution >= 4 is 12.1 Å². The Morgan fingerprint density at radius 2 is 2.05 bits per heavy atom. The molecule has 1 aromatic heterocycles. The highest BCUT2D eigenvalue weighted by molar-refractivity contribution is 5.96. The molecule has 0 bridgehead atoms.